The van der Waals surface area contributed by atoms with Gasteiger partial charge in [-0.2, -0.15) is 4.98 Å². The molecule has 0 aliphatic heterocycles. The molecule has 3 heterocycles. The summed E-state index contributed by atoms with van der Waals surface area (Å²) in [6.07, 6.45) is 1.63. The van der Waals surface area contributed by atoms with Crippen molar-refractivity contribution >= 4 is 9.84 Å². The highest BCUT2D eigenvalue weighted by Crippen LogP contribution is 2.25. The molecule has 0 saturated carbocycles. The molecule has 0 atom stereocenters. The third kappa shape index (κ3) is 3.65. The van der Waals surface area contributed by atoms with Crippen LogP contribution in [-0.4, -0.2) is 23.5 Å². The molecule has 7 nitrogen and oxygen atoms in total. The fourth-order valence-electron chi connectivity index (χ4n) is 2.51. The third-order valence-corrected chi connectivity index (χ3v) is 5.56. The number of rotatable bonds is 5. The van der Waals surface area contributed by atoms with Crippen molar-refractivity contribution in [3.63, 3.8) is 0 Å². The molecule has 0 spiro atoms. The van der Waals surface area contributed by atoms with Gasteiger partial charge in [0, 0.05) is 6.20 Å². The normalized spacial score (nSPS) is 11.6. The second-order valence-electron chi connectivity index (χ2n) is 5.98. The van der Waals surface area contributed by atoms with Gasteiger partial charge in [-0.25, -0.2) is 8.42 Å². The maximum Gasteiger partial charge on any atom is 0.293 e. The summed E-state index contributed by atoms with van der Waals surface area (Å²) in [5.74, 6) is 0.838. The number of furan rings is 1. The van der Waals surface area contributed by atoms with Gasteiger partial charge in [0.05, 0.1) is 4.90 Å². The minimum absolute atomic E-state index is 0.162. The van der Waals surface area contributed by atoms with E-state index in [-0.39, 0.29) is 16.5 Å². The zero-order valence-corrected chi connectivity index (χ0v) is 15.2. The average Bonchev–Trinajstić information content (AvgIpc) is 3.32. The molecule has 8 heteroatoms. The van der Waals surface area contributed by atoms with E-state index in [1.165, 1.54) is 0 Å². The van der Waals surface area contributed by atoms with Crippen molar-refractivity contribution in [3.05, 3.63) is 72.1 Å². The number of benzene rings is 1. The van der Waals surface area contributed by atoms with Gasteiger partial charge in [-0.3, -0.25) is 4.98 Å². The Morgan fingerprint density at radius 3 is 2.56 bits per heavy atom. The summed E-state index contributed by atoms with van der Waals surface area (Å²) in [4.78, 5) is 8.65. The molecule has 27 heavy (non-hydrogen) atoms. The van der Waals surface area contributed by atoms with Crippen molar-refractivity contribution in [1.29, 1.82) is 0 Å². The Kier molecular flexibility index (Phi) is 4.33. The van der Waals surface area contributed by atoms with E-state index in [4.69, 9.17) is 8.94 Å². The summed E-state index contributed by atoms with van der Waals surface area (Å²) in [5.41, 5.74) is 1.57. The molecule has 0 aliphatic carbocycles. The van der Waals surface area contributed by atoms with E-state index in [2.05, 4.69) is 15.1 Å². The van der Waals surface area contributed by atoms with Crippen molar-refractivity contribution in [2.45, 2.75) is 17.6 Å². The quantitative estimate of drug-likeness (QED) is 0.520. The largest absolute Gasteiger partial charge is 0.455 e. The van der Waals surface area contributed by atoms with Gasteiger partial charge in [0.25, 0.3) is 5.89 Å². The van der Waals surface area contributed by atoms with E-state index in [0.717, 1.165) is 5.56 Å². The molecule has 0 N–H and O–H groups in total. The van der Waals surface area contributed by atoms with Crippen LogP contribution in [0.3, 0.4) is 0 Å². The predicted molar refractivity (Wildman–Crippen MR) is 97.3 cm³/mol. The number of sulfone groups is 1. The van der Waals surface area contributed by atoms with Crippen molar-refractivity contribution in [2.24, 2.45) is 0 Å². The Bertz CT molecular complexity index is 1160. The van der Waals surface area contributed by atoms with Gasteiger partial charge < -0.3 is 8.94 Å². The highest BCUT2D eigenvalue weighted by Gasteiger charge is 2.20. The van der Waals surface area contributed by atoms with E-state index in [9.17, 15) is 8.42 Å². The zero-order chi connectivity index (χ0) is 18.9. The van der Waals surface area contributed by atoms with E-state index >= 15 is 0 Å². The number of aryl methyl sites for hydroxylation is 1. The molecule has 4 rings (SSSR count). The maximum absolute atomic E-state index is 12.5. The Labute approximate surface area is 155 Å². The standard InChI is InChI=1S/C19H15N3O4S/c1-13-5-8-15(9-6-13)27(23,24)12-14-7-10-17(25-14)19-21-18(22-26-19)16-4-2-3-11-20-16/h2-11H,12H2,1H3. The van der Waals surface area contributed by atoms with Crippen LogP contribution < -0.4 is 0 Å². The van der Waals surface area contributed by atoms with Crippen LogP contribution in [-0.2, 0) is 15.6 Å². The number of aromatic nitrogens is 3. The Hall–Kier alpha value is -3.26. The van der Waals surface area contributed by atoms with Crippen LogP contribution in [0.4, 0.5) is 0 Å². The lowest BCUT2D eigenvalue weighted by molar-refractivity contribution is 0.413. The lowest BCUT2D eigenvalue weighted by Crippen LogP contribution is -2.04. The summed E-state index contributed by atoms with van der Waals surface area (Å²) < 4.78 is 35.9. The third-order valence-electron chi connectivity index (χ3n) is 3.90. The minimum Gasteiger partial charge on any atom is -0.455 e. The Morgan fingerprint density at radius 2 is 1.81 bits per heavy atom. The van der Waals surface area contributed by atoms with E-state index in [1.807, 2.05) is 13.0 Å². The molecular formula is C19H15N3O4S. The van der Waals surface area contributed by atoms with Crippen LogP contribution in [0.25, 0.3) is 23.2 Å². The van der Waals surface area contributed by atoms with Crippen LogP contribution in [0, 0.1) is 6.92 Å². The molecule has 0 aliphatic rings. The molecular weight excluding hydrogens is 366 g/mol. The fourth-order valence-corrected chi connectivity index (χ4v) is 3.76. The monoisotopic (exact) mass is 381 g/mol. The van der Waals surface area contributed by atoms with Crippen molar-refractivity contribution in [2.75, 3.05) is 0 Å². The lowest BCUT2D eigenvalue weighted by Gasteiger charge is -2.02. The Balaban J connectivity index is 1.55. The van der Waals surface area contributed by atoms with E-state index in [1.54, 1.807) is 54.7 Å². The fraction of sp³-hybridized carbons (Fsp3) is 0.105. The minimum atomic E-state index is -3.51. The summed E-state index contributed by atoms with van der Waals surface area (Å²) in [6, 6.07) is 15.3. The second kappa shape index (κ2) is 6.81. The van der Waals surface area contributed by atoms with Gasteiger partial charge >= 0.3 is 0 Å². The summed E-state index contributed by atoms with van der Waals surface area (Å²) in [6.45, 7) is 1.90. The Morgan fingerprint density at radius 1 is 1.00 bits per heavy atom. The smallest absolute Gasteiger partial charge is 0.293 e. The van der Waals surface area contributed by atoms with Crippen LogP contribution >= 0.6 is 0 Å². The first-order valence-electron chi connectivity index (χ1n) is 8.15. The van der Waals surface area contributed by atoms with Gasteiger partial charge in [0.2, 0.25) is 5.82 Å². The topological polar surface area (TPSA) is 99.1 Å². The zero-order valence-electron chi connectivity index (χ0n) is 14.4. The highest BCUT2D eigenvalue weighted by molar-refractivity contribution is 7.90. The van der Waals surface area contributed by atoms with Crippen molar-refractivity contribution < 1.29 is 17.4 Å². The molecule has 0 bridgehead atoms. The molecule has 3 aromatic heterocycles. The highest BCUT2D eigenvalue weighted by atomic mass is 32.2. The van der Waals surface area contributed by atoms with Crippen molar-refractivity contribution in [1.82, 2.24) is 15.1 Å². The summed E-state index contributed by atoms with van der Waals surface area (Å²) >= 11 is 0. The van der Waals surface area contributed by atoms with Gasteiger partial charge in [-0.1, -0.05) is 28.9 Å². The first-order valence-corrected chi connectivity index (χ1v) is 9.80. The van der Waals surface area contributed by atoms with Crippen LogP contribution in [0.1, 0.15) is 11.3 Å². The summed E-state index contributed by atoms with van der Waals surface area (Å²) in [5, 5.41) is 3.88. The number of nitrogens with zero attached hydrogens (tertiary/aromatic N) is 3. The molecule has 136 valence electrons. The molecule has 0 fully saturated rings. The van der Waals surface area contributed by atoms with E-state index in [0.29, 0.717) is 23.0 Å². The van der Waals surface area contributed by atoms with Gasteiger partial charge in [0.15, 0.2) is 15.6 Å². The van der Waals surface area contributed by atoms with Gasteiger partial charge in [-0.05, 0) is 43.3 Å². The first kappa shape index (κ1) is 17.2. The van der Waals surface area contributed by atoms with Crippen LogP contribution in [0.5, 0.6) is 0 Å². The predicted octanol–water partition coefficient (Wildman–Crippen LogP) is 3.67. The number of pyridine rings is 1. The maximum atomic E-state index is 12.5. The molecule has 0 unspecified atom stereocenters. The van der Waals surface area contributed by atoms with Crippen LogP contribution in [0.2, 0.25) is 0 Å². The second-order valence-corrected chi connectivity index (χ2v) is 7.97. The first-order chi connectivity index (χ1) is 13.0. The van der Waals surface area contributed by atoms with Gasteiger partial charge in [0.1, 0.15) is 17.2 Å². The van der Waals surface area contributed by atoms with Gasteiger partial charge in [-0.15, -0.1) is 0 Å². The van der Waals surface area contributed by atoms with E-state index < -0.39 is 9.84 Å². The molecule has 1 aromatic carbocycles. The van der Waals surface area contributed by atoms with Crippen molar-refractivity contribution in [3.8, 4) is 23.2 Å². The molecule has 0 saturated heterocycles. The molecule has 0 radical (unpaired) electrons. The number of hydrogen-bond donors (Lipinski definition) is 0. The SMILES string of the molecule is Cc1ccc(S(=O)(=O)Cc2ccc(-c3nc(-c4ccccn4)no3)o2)cc1. The lowest BCUT2D eigenvalue weighted by atomic mass is 10.2. The number of hydrogen-bond acceptors (Lipinski definition) is 7. The van der Waals surface area contributed by atoms with Crippen LogP contribution in [0.15, 0.2) is 74.6 Å². The molecule has 0 amide bonds. The summed E-state index contributed by atoms with van der Waals surface area (Å²) in [7, 11) is -3.51. The molecule has 4 aromatic rings. The average molecular weight is 381 g/mol.